The highest BCUT2D eigenvalue weighted by Gasteiger charge is 2.28. The fourth-order valence-electron chi connectivity index (χ4n) is 2.38. The second-order valence-electron chi connectivity index (χ2n) is 6.53. The number of nitrogens with one attached hydrogen (secondary N) is 3. The van der Waals surface area contributed by atoms with E-state index in [0.29, 0.717) is 5.56 Å². The molecule has 28 heavy (non-hydrogen) atoms. The standard InChI is InChI=1S/C17H21N3O5S3/c1-12(19-28(24,25)16-3-2-10-26-16)17(21)18-11-13-4-8-15(9-5-13)27(22,23)20-14-6-7-14/h2-5,8-10,12,14,19-20H,6-7,11H2,1H3,(H,18,21). The molecule has 1 unspecified atom stereocenters. The molecule has 1 amide bonds. The molecule has 8 nitrogen and oxygen atoms in total. The van der Waals surface area contributed by atoms with E-state index in [2.05, 4.69) is 14.8 Å². The van der Waals surface area contributed by atoms with Crippen molar-refractivity contribution in [1.29, 1.82) is 0 Å². The van der Waals surface area contributed by atoms with Crippen molar-refractivity contribution >= 4 is 37.3 Å². The van der Waals surface area contributed by atoms with Crippen LogP contribution in [0.15, 0.2) is 50.9 Å². The van der Waals surface area contributed by atoms with Crippen molar-refractivity contribution in [1.82, 2.24) is 14.8 Å². The highest BCUT2D eigenvalue weighted by Crippen LogP contribution is 2.22. The topological polar surface area (TPSA) is 121 Å². The highest BCUT2D eigenvalue weighted by atomic mass is 32.2. The minimum Gasteiger partial charge on any atom is -0.351 e. The molecule has 1 aromatic carbocycles. The van der Waals surface area contributed by atoms with Gasteiger partial charge < -0.3 is 5.32 Å². The van der Waals surface area contributed by atoms with Crippen molar-refractivity contribution in [2.45, 2.75) is 47.5 Å². The van der Waals surface area contributed by atoms with E-state index in [4.69, 9.17) is 0 Å². The first-order valence-electron chi connectivity index (χ1n) is 8.62. The van der Waals surface area contributed by atoms with Gasteiger partial charge >= 0.3 is 0 Å². The maximum atomic E-state index is 12.2. The number of sulfonamides is 2. The number of hydrogen-bond donors (Lipinski definition) is 3. The van der Waals surface area contributed by atoms with E-state index in [0.717, 1.165) is 24.2 Å². The molecule has 1 fully saturated rings. The van der Waals surface area contributed by atoms with Gasteiger partial charge in [-0.25, -0.2) is 21.6 Å². The van der Waals surface area contributed by atoms with Gasteiger partial charge in [0.2, 0.25) is 15.9 Å². The molecule has 0 saturated heterocycles. The fraction of sp³-hybridized carbons (Fsp3) is 0.353. The number of rotatable bonds is 9. The molecular formula is C17H21N3O5S3. The molecule has 1 aromatic heterocycles. The zero-order valence-electron chi connectivity index (χ0n) is 15.1. The van der Waals surface area contributed by atoms with Crippen LogP contribution in [0.25, 0.3) is 0 Å². The summed E-state index contributed by atoms with van der Waals surface area (Å²) in [6.07, 6.45) is 1.72. The van der Waals surface area contributed by atoms with Crippen molar-refractivity contribution in [3.63, 3.8) is 0 Å². The van der Waals surface area contributed by atoms with E-state index >= 15 is 0 Å². The normalized spacial score (nSPS) is 15.9. The first-order valence-corrected chi connectivity index (χ1v) is 12.5. The van der Waals surface area contributed by atoms with Crippen molar-refractivity contribution in [2.75, 3.05) is 0 Å². The van der Waals surface area contributed by atoms with E-state index in [1.165, 1.54) is 25.1 Å². The number of amides is 1. The van der Waals surface area contributed by atoms with Crippen LogP contribution in [0.4, 0.5) is 0 Å². The molecule has 0 aliphatic heterocycles. The summed E-state index contributed by atoms with van der Waals surface area (Å²) in [6.45, 7) is 1.61. The Kier molecular flexibility index (Phi) is 6.20. The Morgan fingerprint density at radius 3 is 2.36 bits per heavy atom. The molecule has 1 atom stereocenters. The van der Waals surface area contributed by atoms with Gasteiger partial charge in [0, 0.05) is 12.6 Å². The van der Waals surface area contributed by atoms with Crippen LogP contribution in [0.3, 0.4) is 0 Å². The third kappa shape index (κ3) is 5.39. The molecule has 1 aliphatic carbocycles. The maximum Gasteiger partial charge on any atom is 0.250 e. The van der Waals surface area contributed by atoms with Gasteiger partial charge in [-0.2, -0.15) is 4.72 Å². The van der Waals surface area contributed by atoms with Gasteiger partial charge in [-0.15, -0.1) is 11.3 Å². The molecule has 1 saturated carbocycles. The highest BCUT2D eigenvalue weighted by molar-refractivity contribution is 7.91. The van der Waals surface area contributed by atoms with E-state index in [1.807, 2.05) is 0 Å². The summed E-state index contributed by atoms with van der Waals surface area (Å²) in [4.78, 5) is 12.4. The molecule has 0 spiro atoms. The van der Waals surface area contributed by atoms with Crippen LogP contribution in [0.2, 0.25) is 0 Å². The minimum absolute atomic E-state index is 0.0309. The molecule has 152 valence electrons. The van der Waals surface area contributed by atoms with Crippen molar-refractivity contribution in [3.05, 3.63) is 47.3 Å². The molecule has 11 heteroatoms. The van der Waals surface area contributed by atoms with Gasteiger partial charge in [-0.3, -0.25) is 4.79 Å². The third-order valence-electron chi connectivity index (χ3n) is 4.08. The summed E-state index contributed by atoms with van der Waals surface area (Å²) in [6, 6.07) is 8.35. The molecule has 2 aromatic rings. The van der Waals surface area contributed by atoms with Crippen molar-refractivity contribution < 1.29 is 21.6 Å². The Bertz CT molecular complexity index is 1030. The number of thiophene rings is 1. The van der Waals surface area contributed by atoms with Crippen LogP contribution in [0.5, 0.6) is 0 Å². The van der Waals surface area contributed by atoms with Crippen LogP contribution < -0.4 is 14.8 Å². The Balaban J connectivity index is 1.54. The predicted molar refractivity (Wildman–Crippen MR) is 106 cm³/mol. The zero-order valence-corrected chi connectivity index (χ0v) is 17.5. The number of benzene rings is 1. The third-order valence-corrected chi connectivity index (χ3v) is 8.56. The molecule has 0 bridgehead atoms. The predicted octanol–water partition coefficient (Wildman–Crippen LogP) is 1.17. The van der Waals surface area contributed by atoms with Gasteiger partial charge in [0.05, 0.1) is 10.9 Å². The van der Waals surface area contributed by atoms with Crippen LogP contribution in [-0.2, 0) is 31.4 Å². The fourth-order valence-corrected chi connectivity index (χ4v) is 5.90. The number of carbonyl (C=O) groups excluding carboxylic acids is 1. The minimum atomic E-state index is -3.74. The van der Waals surface area contributed by atoms with Crippen LogP contribution in [0.1, 0.15) is 25.3 Å². The lowest BCUT2D eigenvalue weighted by molar-refractivity contribution is -0.122. The average Bonchev–Trinajstić information content (AvgIpc) is 3.25. The molecule has 1 aliphatic rings. The maximum absolute atomic E-state index is 12.2. The summed E-state index contributed by atoms with van der Waals surface area (Å²) in [5.41, 5.74) is 0.701. The van der Waals surface area contributed by atoms with Crippen LogP contribution in [0, 0.1) is 0 Å². The van der Waals surface area contributed by atoms with Gasteiger partial charge in [-0.1, -0.05) is 18.2 Å². The Morgan fingerprint density at radius 1 is 1.11 bits per heavy atom. The summed E-state index contributed by atoms with van der Waals surface area (Å²) in [7, 11) is -7.25. The first-order chi connectivity index (χ1) is 13.2. The Hall–Kier alpha value is -1.79. The summed E-state index contributed by atoms with van der Waals surface area (Å²) < 4.78 is 53.6. The van der Waals surface area contributed by atoms with E-state index < -0.39 is 32.0 Å². The first kappa shape index (κ1) is 20.9. The lowest BCUT2D eigenvalue weighted by Crippen LogP contribution is -2.44. The van der Waals surface area contributed by atoms with E-state index in [-0.39, 0.29) is 21.7 Å². The van der Waals surface area contributed by atoms with Crippen molar-refractivity contribution in [3.8, 4) is 0 Å². The summed E-state index contributed by atoms with van der Waals surface area (Å²) in [5, 5.41) is 4.28. The summed E-state index contributed by atoms with van der Waals surface area (Å²) >= 11 is 1.07. The molecule has 0 radical (unpaired) electrons. The Labute approximate surface area is 168 Å². The molecule has 3 rings (SSSR count). The Morgan fingerprint density at radius 2 is 1.79 bits per heavy atom. The van der Waals surface area contributed by atoms with E-state index in [9.17, 15) is 21.6 Å². The summed E-state index contributed by atoms with van der Waals surface area (Å²) in [5.74, 6) is -0.479. The second-order valence-corrected chi connectivity index (χ2v) is 11.1. The van der Waals surface area contributed by atoms with Gasteiger partial charge in [0.25, 0.3) is 10.0 Å². The molecule has 3 N–H and O–H groups in total. The van der Waals surface area contributed by atoms with Gasteiger partial charge in [0.1, 0.15) is 4.21 Å². The van der Waals surface area contributed by atoms with Gasteiger partial charge in [0.15, 0.2) is 0 Å². The van der Waals surface area contributed by atoms with Gasteiger partial charge in [-0.05, 0) is 48.9 Å². The number of hydrogen-bond acceptors (Lipinski definition) is 6. The average molecular weight is 444 g/mol. The largest absolute Gasteiger partial charge is 0.351 e. The lowest BCUT2D eigenvalue weighted by Gasteiger charge is -2.14. The van der Waals surface area contributed by atoms with Crippen LogP contribution in [-0.4, -0.2) is 34.8 Å². The second kappa shape index (κ2) is 8.29. The van der Waals surface area contributed by atoms with Crippen molar-refractivity contribution in [2.24, 2.45) is 0 Å². The quantitative estimate of drug-likeness (QED) is 0.537. The lowest BCUT2D eigenvalue weighted by atomic mass is 10.2. The van der Waals surface area contributed by atoms with E-state index in [1.54, 1.807) is 23.6 Å². The zero-order chi connectivity index (χ0) is 20.4. The smallest absolute Gasteiger partial charge is 0.250 e. The SMILES string of the molecule is CC(NS(=O)(=O)c1cccs1)C(=O)NCc1ccc(S(=O)(=O)NC2CC2)cc1. The molecule has 1 heterocycles. The monoisotopic (exact) mass is 443 g/mol. The number of carbonyl (C=O) groups is 1. The molecular weight excluding hydrogens is 422 g/mol. The van der Waals surface area contributed by atoms with Crippen LogP contribution >= 0.6 is 11.3 Å².